The van der Waals surface area contributed by atoms with E-state index in [1.54, 1.807) is 0 Å². The van der Waals surface area contributed by atoms with E-state index in [0.29, 0.717) is 0 Å². The van der Waals surface area contributed by atoms with Gasteiger partial charge in [0.25, 0.3) is 0 Å². The monoisotopic (exact) mass is 357 g/mol. The summed E-state index contributed by atoms with van der Waals surface area (Å²) >= 11 is 2.38. The molecule has 1 saturated carbocycles. The van der Waals surface area contributed by atoms with Crippen molar-refractivity contribution < 1.29 is 0 Å². The second kappa shape index (κ2) is 7.49. The summed E-state index contributed by atoms with van der Waals surface area (Å²) in [4.78, 5) is 0. The summed E-state index contributed by atoms with van der Waals surface area (Å²) in [5.41, 5.74) is 1.52. The van der Waals surface area contributed by atoms with Gasteiger partial charge in [-0.2, -0.15) is 0 Å². The molecule has 100 valence electrons. The van der Waals surface area contributed by atoms with Crippen molar-refractivity contribution in [3.63, 3.8) is 0 Å². The van der Waals surface area contributed by atoms with Crippen molar-refractivity contribution in [2.45, 2.75) is 38.5 Å². The van der Waals surface area contributed by atoms with Gasteiger partial charge in [-0.05, 0) is 85.0 Å². The molecule has 1 aliphatic rings. The maximum atomic E-state index is 3.39. The lowest BCUT2D eigenvalue weighted by atomic mass is 9.83. The predicted octanol–water partition coefficient (Wildman–Crippen LogP) is 4.25. The highest BCUT2D eigenvalue weighted by Gasteiger charge is 2.23. The summed E-state index contributed by atoms with van der Waals surface area (Å²) < 4.78 is 1.34. The Labute approximate surface area is 125 Å². The molecule has 0 amide bonds. The topological polar surface area (TPSA) is 12.0 Å². The molecule has 0 spiro atoms. The van der Waals surface area contributed by atoms with Crippen molar-refractivity contribution in [3.05, 3.63) is 33.4 Å². The molecule has 1 aromatic carbocycles. The van der Waals surface area contributed by atoms with Crippen molar-refractivity contribution >= 4 is 22.6 Å². The minimum Gasteiger partial charge on any atom is -0.319 e. The second-order valence-corrected chi connectivity index (χ2v) is 6.79. The molecule has 0 saturated heterocycles. The summed E-state index contributed by atoms with van der Waals surface area (Å²) in [5.74, 6) is 1.75. The summed E-state index contributed by atoms with van der Waals surface area (Å²) in [6.07, 6.45) is 8.38. The fourth-order valence-corrected chi connectivity index (χ4v) is 3.54. The van der Waals surface area contributed by atoms with Crippen LogP contribution in [0.1, 0.15) is 37.7 Å². The fourth-order valence-electron chi connectivity index (χ4n) is 3.18. The van der Waals surface area contributed by atoms with Gasteiger partial charge in [0.05, 0.1) is 0 Å². The average Bonchev–Trinajstić information content (AvgIpc) is 2.59. The molecule has 0 aromatic heterocycles. The van der Waals surface area contributed by atoms with Crippen LogP contribution in [0.2, 0.25) is 0 Å². The molecule has 1 aromatic rings. The molecule has 2 rings (SSSR count). The lowest BCUT2D eigenvalue weighted by molar-refractivity contribution is 0.304. The van der Waals surface area contributed by atoms with E-state index in [1.165, 1.54) is 54.2 Å². The van der Waals surface area contributed by atoms with Gasteiger partial charge in [0, 0.05) is 3.57 Å². The highest BCUT2D eigenvalue weighted by Crippen LogP contribution is 2.31. The minimum atomic E-state index is 0.872. The van der Waals surface area contributed by atoms with Gasteiger partial charge >= 0.3 is 0 Å². The summed E-state index contributed by atoms with van der Waals surface area (Å²) in [7, 11) is 2.09. The summed E-state index contributed by atoms with van der Waals surface area (Å²) in [6.45, 7) is 1.19. The first kappa shape index (κ1) is 14.3. The zero-order chi connectivity index (χ0) is 12.8. The Morgan fingerprint density at radius 2 is 1.72 bits per heavy atom. The van der Waals surface area contributed by atoms with Gasteiger partial charge in [-0.3, -0.25) is 0 Å². The van der Waals surface area contributed by atoms with Crippen LogP contribution in [-0.4, -0.2) is 13.6 Å². The van der Waals surface area contributed by atoms with Crippen LogP contribution in [0.15, 0.2) is 24.3 Å². The van der Waals surface area contributed by atoms with Gasteiger partial charge in [0.2, 0.25) is 0 Å². The number of nitrogens with one attached hydrogen (secondary N) is 1. The Morgan fingerprint density at radius 3 is 2.39 bits per heavy atom. The van der Waals surface area contributed by atoms with Crippen molar-refractivity contribution in [3.8, 4) is 0 Å². The van der Waals surface area contributed by atoms with E-state index in [9.17, 15) is 0 Å². The zero-order valence-corrected chi connectivity index (χ0v) is 13.4. The Balaban J connectivity index is 2.01. The molecule has 1 fully saturated rings. The van der Waals surface area contributed by atoms with Gasteiger partial charge in [-0.1, -0.05) is 31.4 Å². The van der Waals surface area contributed by atoms with E-state index in [-0.39, 0.29) is 0 Å². The van der Waals surface area contributed by atoms with Gasteiger partial charge in [0.1, 0.15) is 0 Å². The molecule has 1 aliphatic carbocycles. The largest absolute Gasteiger partial charge is 0.319 e. The first-order valence-corrected chi connectivity index (χ1v) is 8.26. The van der Waals surface area contributed by atoms with Crippen molar-refractivity contribution in [1.29, 1.82) is 0 Å². The Hall–Kier alpha value is -0.0900. The van der Waals surface area contributed by atoms with Gasteiger partial charge in [0.15, 0.2) is 0 Å². The molecule has 0 heterocycles. The Bertz CT molecular complexity index is 347. The molecule has 0 radical (unpaired) electrons. The van der Waals surface area contributed by atoms with Crippen molar-refractivity contribution in [2.75, 3.05) is 13.6 Å². The third-order valence-electron chi connectivity index (χ3n) is 4.19. The highest BCUT2D eigenvalue weighted by atomic mass is 127. The van der Waals surface area contributed by atoms with Crippen LogP contribution in [0.25, 0.3) is 0 Å². The van der Waals surface area contributed by atoms with E-state index in [4.69, 9.17) is 0 Å². The Morgan fingerprint density at radius 1 is 1.06 bits per heavy atom. The highest BCUT2D eigenvalue weighted by molar-refractivity contribution is 14.1. The molecule has 1 N–H and O–H groups in total. The van der Waals surface area contributed by atoms with Crippen molar-refractivity contribution in [1.82, 2.24) is 5.32 Å². The van der Waals surface area contributed by atoms with Crippen LogP contribution in [-0.2, 0) is 6.42 Å². The normalized spacial score (nSPS) is 24.8. The van der Waals surface area contributed by atoms with Crippen molar-refractivity contribution in [2.24, 2.45) is 11.8 Å². The molecule has 18 heavy (non-hydrogen) atoms. The molecular weight excluding hydrogens is 333 g/mol. The first-order chi connectivity index (χ1) is 8.79. The number of rotatable bonds is 4. The smallest absolute Gasteiger partial charge is 0.0130 e. The maximum absolute atomic E-state index is 3.39. The molecule has 2 atom stereocenters. The van der Waals surface area contributed by atoms with E-state index in [2.05, 4.69) is 59.2 Å². The van der Waals surface area contributed by atoms with E-state index < -0.39 is 0 Å². The van der Waals surface area contributed by atoms with E-state index in [0.717, 1.165) is 11.8 Å². The predicted molar refractivity (Wildman–Crippen MR) is 86.9 cm³/mol. The van der Waals surface area contributed by atoms with Crippen LogP contribution < -0.4 is 5.32 Å². The second-order valence-electron chi connectivity index (χ2n) is 5.55. The Kier molecular flexibility index (Phi) is 5.96. The van der Waals surface area contributed by atoms with Crippen LogP contribution in [0.4, 0.5) is 0 Å². The van der Waals surface area contributed by atoms with Crippen LogP contribution in [0.5, 0.6) is 0 Å². The molecule has 2 heteroatoms. The fraction of sp³-hybridized carbons (Fsp3) is 0.625. The number of hydrogen-bond acceptors (Lipinski definition) is 1. The molecule has 1 nitrogen and oxygen atoms in total. The van der Waals surface area contributed by atoms with Crippen LogP contribution in [0.3, 0.4) is 0 Å². The first-order valence-electron chi connectivity index (χ1n) is 7.18. The summed E-state index contributed by atoms with van der Waals surface area (Å²) in [6, 6.07) is 9.09. The summed E-state index contributed by atoms with van der Waals surface area (Å²) in [5, 5.41) is 3.39. The zero-order valence-electron chi connectivity index (χ0n) is 11.3. The average molecular weight is 357 g/mol. The third-order valence-corrected chi connectivity index (χ3v) is 4.91. The minimum absolute atomic E-state index is 0.872. The van der Waals surface area contributed by atoms with E-state index in [1.807, 2.05) is 0 Å². The maximum Gasteiger partial charge on any atom is 0.0130 e. The lowest BCUT2D eigenvalue weighted by Gasteiger charge is -2.25. The standard InChI is InChI=1S/C16H24IN/c1-18-12-15-6-4-2-3-5-14(15)11-13-7-9-16(17)10-8-13/h7-10,14-15,18H,2-6,11-12H2,1H3. The quantitative estimate of drug-likeness (QED) is 0.628. The third kappa shape index (κ3) is 4.23. The van der Waals surface area contributed by atoms with Gasteiger partial charge in [-0.25, -0.2) is 0 Å². The number of halogens is 1. The SMILES string of the molecule is CNCC1CCCCCC1Cc1ccc(I)cc1. The van der Waals surface area contributed by atoms with Gasteiger partial charge in [-0.15, -0.1) is 0 Å². The van der Waals surface area contributed by atoms with E-state index >= 15 is 0 Å². The lowest BCUT2D eigenvalue weighted by Crippen LogP contribution is -2.26. The van der Waals surface area contributed by atoms with Crippen LogP contribution >= 0.6 is 22.6 Å². The molecular formula is C16H24IN. The molecule has 2 unspecified atom stereocenters. The molecule has 0 bridgehead atoms. The van der Waals surface area contributed by atoms with Crippen LogP contribution in [0, 0.1) is 15.4 Å². The number of hydrogen-bond donors (Lipinski definition) is 1. The number of benzene rings is 1. The van der Waals surface area contributed by atoms with Gasteiger partial charge < -0.3 is 5.32 Å². The molecule has 0 aliphatic heterocycles.